The maximum atomic E-state index is 13.2. The van der Waals surface area contributed by atoms with Gasteiger partial charge in [-0.25, -0.2) is 12.8 Å². The van der Waals surface area contributed by atoms with Gasteiger partial charge in [0, 0.05) is 13.7 Å². The first kappa shape index (κ1) is 17.0. The number of hydrogen-bond donors (Lipinski definition) is 1. The Hall–Kier alpha value is -2.02. The van der Waals surface area contributed by atoms with Gasteiger partial charge >= 0.3 is 5.97 Å². The summed E-state index contributed by atoms with van der Waals surface area (Å²) in [4.78, 5) is 10.4. The molecule has 1 N–H and O–H groups in total. The summed E-state index contributed by atoms with van der Waals surface area (Å²) in [7, 11) is -2.82. The summed E-state index contributed by atoms with van der Waals surface area (Å²) in [5.41, 5.74) is -0.432. The van der Waals surface area contributed by atoms with Gasteiger partial charge in [0.2, 0.25) is 10.0 Å². The lowest BCUT2D eigenvalue weighted by molar-refractivity contribution is -0.137. The lowest BCUT2D eigenvalue weighted by Gasteiger charge is -2.20. The highest BCUT2D eigenvalue weighted by molar-refractivity contribution is 7.89. The summed E-state index contributed by atoms with van der Waals surface area (Å²) >= 11 is 0. The van der Waals surface area contributed by atoms with E-state index in [1.54, 1.807) is 0 Å². The van der Waals surface area contributed by atoms with Crippen molar-refractivity contribution in [2.24, 2.45) is 0 Å². The van der Waals surface area contributed by atoms with E-state index in [0.29, 0.717) is 4.31 Å². The van der Waals surface area contributed by atoms with Crippen LogP contribution in [-0.2, 0) is 19.6 Å². The van der Waals surface area contributed by atoms with Crippen LogP contribution in [0.3, 0.4) is 0 Å². The molecule has 0 aliphatic carbocycles. The zero-order valence-electron chi connectivity index (χ0n) is 11.1. The summed E-state index contributed by atoms with van der Waals surface area (Å²) in [5, 5.41) is 17.5. The van der Waals surface area contributed by atoms with Crippen LogP contribution in [0.5, 0.6) is 0 Å². The molecule has 0 amide bonds. The van der Waals surface area contributed by atoms with Gasteiger partial charge in [-0.1, -0.05) is 0 Å². The van der Waals surface area contributed by atoms with Crippen molar-refractivity contribution in [1.29, 1.82) is 5.26 Å². The Morgan fingerprint density at radius 1 is 1.52 bits per heavy atom. The fraction of sp³-hybridized carbons (Fsp3) is 0.333. The molecule has 1 rings (SSSR count). The number of carboxylic acids is 1. The van der Waals surface area contributed by atoms with Crippen LogP contribution in [0.1, 0.15) is 5.56 Å². The average molecular weight is 316 g/mol. The Morgan fingerprint density at radius 2 is 2.19 bits per heavy atom. The van der Waals surface area contributed by atoms with Crippen molar-refractivity contribution in [3.05, 3.63) is 29.6 Å². The van der Waals surface area contributed by atoms with Gasteiger partial charge in [-0.15, -0.1) is 0 Å². The van der Waals surface area contributed by atoms with Crippen LogP contribution >= 0.6 is 0 Å². The monoisotopic (exact) mass is 316 g/mol. The number of carboxylic acid groups (broad SMARTS) is 1. The quantitative estimate of drug-likeness (QED) is 0.781. The summed E-state index contributed by atoms with van der Waals surface area (Å²) in [6, 6.07) is 4.23. The van der Waals surface area contributed by atoms with Crippen molar-refractivity contribution in [3.8, 4) is 6.07 Å². The van der Waals surface area contributed by atoms with E-state index in [1.807, 2.05) is 0 Å². The third kappa shape index (κ3) is 4.22. The molecule has 1 aromatic rings. The molecule has 0 unspecified atom stereocenters. The van der Waals surface area contributed by atoms with Gasteiger partial charge in [-0.2, -0.15) is 9.57 Å². The summed E-state index contributed by atoms with van der Waals surface area (Å²) in [5.74, 6) is -2.18. The number of sulfonamides is 1. The second kappa shape index (κ2) is 7.12. The van der Waals surface area contributed by atoms with Gasteiger partial charge in [0.1, 0.15) is 18.4 Å². The van der Waals surface area contributed by atoms with Gasteiger partial charge in [0.15, 0.2) is 0 Å². The van der Waals surface area contributed by atoms with Crippen LogP contribution in [0.2, 0.25) is 0 Å². The summed E-state index contributed by atoms with van der Waals surface area (Å²) in [6.07, 6.45) is 0. The Balaban J connectivity index is 3.21. The van der Waals surface area contributed by atoms with Crippen molar-refractivity contribution in [2.75, 3.05) is 26.8 Å². The predicted molar refractivity (Wildman–Crippen MR) is 69.4 cm³/mol. The van der Waals surface area contributed by atoms with Crippen molar-refractivity contribution in [1.82, 2.24) is 4.31 Å². The van der Waals surface area contributed by atoms with E-state index in [-0.39, 0.29) is 18.0 Å². The van der Waals surface area contributed by atoms with E-state index in [4.69, 9.17) is 15.1 Å². The average Bonchev–Trinajstić information content (AvgIpc) is 2.43. The summed E-state index contributed by atoms with van der Waals surface area (Å²) < 4.78 is 43.3. The van der Waals surface area contributed by atoms with Gasteiger partial charge in [-0.3, -0.25) is 4.79 Å². The molecule has 1 aromatic carbocycles. The second-order valence-electron chi connectivity index (χ2n) is 3.98. The molecule has 9 heteroatoms. The number of ether oxygens (including phenoxy) is 1. The zero-order valence-corrected chi connectivity index (χ0v) is 11.9. The molecule has 0 aliphatic heterocycles. The number of halogens is 1. The highest BCUT2D eigenvalue weighted by Crippen LogP contribution is 2.18. The molecule has 0 radical (unpaired) electrons. The third-order valence-electron chi connectivity index (χ3n) is 2.55. The largest absolute Gasteiger partial charge is 0.480 e. The number of nitriles is 1. The van der Waals surface area contributed by atoms with Crippen molar-refractivity contribution in [3.63, 3.8) is 0 Å². The number of benzene rings is 1. The Morgan fingerprint density at radius 3 is 2.71 bits per heavy atom. The number of rotatable bonds is 7. The normalized spacial score (nSPS) is 11.3. The van der Waals surface area contributed by atoms with E-state index in [0.717, 1.165) is 18.2 Å². The fourth-order valence-electron chi connectivity index (χ4n) is 1.53. The van der Waals surface area contributed by atoms with Crippen LogP contribution < -0.4 is 0 Å². The first-order chi connectivity index (χ1) is 9.82. The maximum absolute atomic E-state index is 13.2. The molecule has 0 fully saturated rings. The molecule has 0 bridgehead atoms. The van der Waals surface area contributed by atoms with Crippen LogP contribution in [0.4, 0.5) is 4.39 Å². The SMILES string of the molecule is COCCN(CC(=O)O)S(=O)(=O)c1ccc(F)c(C#N)c1. The number of nitrogens with zero attached hydrogens (tertiary/aromatic N) is 2. The van der Waals surface area contributed by atoms with Crippen LogP contribution in [0.15, 0.2) is 23.1 Å². The van der Waals surface area contributed by atoms with Gasteiger partial charge in [-0.05, 0) is 18.2 Å². The lowest BCUT2D eigenvalue weighted by Crippen LogP contribution is -2.38. The number of carbonyl (C=O) groups is 1. The molecule has 0 saturated carbocycles. The van der Waals surface area contributed by atoms with Crippen LogP contribution in [-0.4, -0.2) is 50.6 Å². The van der Waals surface area contributed by atoms with E-state index in [1.165, 1.54) is 13.2 Å². The Labute approximate surface area is 121 Å². The van der Waals surface area contributed by atoms with Gasteiger partial charge in [0.25, 0.3) is 0 Å². The van der Waals surface area contributed by atoms with E-state index in [2.05, 4.69) is 0 Å². The first-order valence-corrected chi connectivity index (χ1v) is 7.17. The molecular formula is C12H13FN2O5S. The highest BCUT2D eigenvalue weighted by Gasteiger charge is 2.27. The topological polar surface area (TPSA) is 108 Å². The molecule has 0 aliphatic rings. The lowest BCUT2D eigenvalue weighted by atomic mass is 10.2. The van der Waals surface area contributed by atoms with Crippen molar-refractivity contribution >= 4 is 16.0 Å². The van der Waals surface area contributed by atoms with E-state index >= 15 is 0 Å². The minimum Gasteiger partial charge on any atom is -0.480 e. The smallest absolute Gasteiger partial charge is 0.318 e. The molecule has 0 aromatic heterocycles. The number of aliphatic carboxylic acids is 1. The molecule has 0 atom stereocenters. The minimum atomic E-state index is -4.16. The molecule has 21 heavy (non-hydrogen) atoms. The highest BCUT2D eigenvalue weighted by atomic mass is 32.2. The third-order valence-corrected chi connectivity index (χ3v) is 4.39. The van der Waals surface area contributed by atoms with Crippen LogP contribution in [0, 0.1) is 17.1 Å². The molecule has 0 saturated heterocycles. The zero-order chi connectivity index (χ0) is 16.0. The predicted octanol–water partition coefficient (Wildman–Crippen LogP) is 0.419. The van der Waals surface area contributed by atoms with Gasteiger partial charge < -0.3 is 9.84 Å². The van der Waals surface area contributed by atoms with Crippen LogP contribution in [0.25, 0.3) is 0 Å². The Bertz CT molecular complexity index is 669. The Kier molecular flexibility index (Phi) is 5.78. The maximum Gasteiger partial charge on any atom is 0.318 e. The fourth-order valence-corrected chi connectivity index (χ4v) is 2.93. The van der Waals surface area contributed by atoms with E-state index in [9.17, 15) is 17.6 Å². The van der Waals surface area contributed by atoms with Crippen molar-refractivity contribution in [2.45, 2.75) is 4.90 Å². The first-order valence-electron chi connectivity index (χ1n) is 5.73. The van der Waals surface area contributed by atoms with E-state index < -0.39 is 33.9 Å². The minimum absolute atomic E-state index is 0.00118. The number of methoxy groups -OCH3 is 1. The summed E-state index contributed by atoms with van der Waals surface area (Å²) in [6.45, 7) is -0.936. The number of hydrogen-bond acceptors (Lipinski definition) is 5. The molecule has 0 spiro atoms. The molecule has 114 valence electrons. The molecular weight excluding hydrogens is 303 g/mol. The van der Waals surface area contributed by atoms with Crippen molar-refractivity contribution < 1.29 is 27.4 Å². The second-order valence-corrected chi connectivity index (χ2v) is 5.92. The van der Waals surface area contributed by atoms with Gasteiger partial charge in [0.05, 0.1) is 17.1 Å². The molecule has 7 nitrogen and oxygen atoms in total. The molecule has 0 heterocycles. The standard InChI is InChI=1S/C12H13FN2O5S/c1-20-5-4-15(8-12(16)17)21(18,19)10-2-3-11(13)9(6-10)7-14/h2-3,6H,4-5,8H2,1H3,(H,16,17).